The standard InChI is InChI=1S/C19H27N4O6PS/c1-15(2)13-27-18(24)12-21-30(26,29-16-6-4-3-5-7-16)28-10-11-31-14-23-9-8-17(20)22-19(23)25/h3-9,15H,10-14H2,1-2H3,(H,21,26)(H2,20,22,25). The molecule has 0 radical (unpaired) electrons. The van der Waals surface area contributed by atoms with Crippen molar-refractivity contribution in [2.45, 2.75) is 19.7 Å². The van der Waals surface area contributed by atoms with Gasteiger partial charge in [0, 0.05) is 11.9 Å². The fraction of sp³-hybridized carbons (Fsp3) is 0.421. The van der Waals surface area contributed by atoms with Crippen molar-refractivity contribution >= 4 is 31.3 Å². The number of hydrogen-bond acceptors (Lipinski definition) is 9. The summed E-state index contributed by atoms with van der Waals surface area (Å²) in [4.78, 5) is 27.2. The summed E-state index contributed by atoms with van der Waals surface area (Å²) in [6, 6.07) is 10.0. The highest BCUT2D eigenvalue weighted by Gasteiger charge is 2.27. The molecule has 0 bridgehead atoms. The average Bonchev–Trinajstić information content (AvgIpc) is 2.73. The molecule has 0 aliphatic heterocycles. The van der Waals surface area contributed by atoms with Gasteiger partial charge in [0.15, 0.2) is 0 Å². The van der Waals surface area contributed by atoms with Crippen LogP contribution in [0, 0.1) is 5.92 Å². The number of anilines is 1. The molecule has 2 aromatic rings. The van der Waals surface area contributed by atoms with Crippen molar-refractivity contribution in [3.05, 3.63) is 53.1 Å². The van der Waals surface area contributed by atoms with Gasteiger partial charge in [0.25, 0.3) is 0 Å². The van der Waals surface area contributed by atoms with Crippen molar-refractivity contribution in [2.75, 3.05) is 31.2 Å². The van der Waals surface area contributed by atoms with Crippen LogP contribution in [0.1, 0.15) is 13.8 Å². The van der Waals surface area contributed by atoms with Gasteiger partial charge in [-0.2, -0.15) is 4.98 Å². The van der Waals surface area contributed by atoms with E-state index in [2.05, 4.69) is 10.1 Å². The van der Waals surface area contributed by atoms with Crippen LogP contribution in [-0.4, -0.2) is 41.0 Å². The first-order valence-electron chi connectivity index (χ1n) is 9.58. The molecule has 1 atom stereocenters. The second-order valence-electron chi connectivity index (χ2n) is 6.79. The van der Waals surface area contributed by atoms with Crippen LogP contribution in [0.5, 0.6) is 5.75 Å². The zero-order valence-electron chi connectivity index (χ0n) is 17.4. The molecule has 12 heteroatoms. The number of carbonyl (C=O) groups is 1. The highest BCUT2D eigenvalue weighted by molar-refractivity contribution is 7.98. The number of para-hydroxylation sites is 1. The minimum absolute atomic E-state index is 0.0555. The Morgan fingerprint density at radius 2 is 2.03 bits per heavy atom. The summed E-state index contributed by atoms with van der Waals surface area (Å²) in [7, 11) is -3.83. The van der Waals surface area contributed by atoms with Gasteiger partial charge in [-0.1, -0.05) is 32.0 Å². The molecule has 0 aliphatic carbocycles. The number of esters is 1. The minimum Gasteiger partial charge on any atom is -0.464 e. The molecule has 2 rings (SSSR count). The van der Waals surface area contributed by atoms with Crippen molar-refractivity contribution in [2.24, 2.45) is 5.92 Å². The fourth-order valence-corrected chi connectivity index (χ4v) is 4.23. The van der Waals surface area contributed by atoms with Crippen LogP contribution in [0.2, 0.25) is 0 Å². The van der Waals surface area contributed by atoms with Gasteiger partial charge in [-0.05, 0) is 24.1 Å². The Bertz CT molecular complexity index is 940. The second kappa shape index (κ2) is 12.5. The maximum Gasteiger partial charge on any atom is 0.459 e. The fourth-order valence-electron chi connectivity index (χ4n) is 2.12. The van der Waals surface area contributed by atoms with E-state index in [1.54, 1.807) is 36.5 Å². The zero-order valence-corrected chi connectivity index (χ0v) is 19.1. The SMILES string of the molecule is CC(C)COC(=O)CNP(=O)(OCCSCn1ccc(N)nc1=O)Oc1ccccc1. The maximum atomic E-state index is 13.1. The molecule has 0 aliphatic rings. The lowest BCUT2D eigenvalue weighted by atomic mass is 10.2. The third kappa shape index (κ3) is 9.56. The quantitative estimate of drug-likeness (QED) is 0.255. The van der Waals surface area contributed by atoms with E-state index in [1.165, 1.54) is 22.4 Å². The minimum atomic E-state index is -3.83. The van der Waals surface area contributed by atoms with E-state index < -0.39 is 19.4 Å². The summed E-state index contributed by atoms with van der Waals surface area (Å²) in [6.45, 7) is 3.83. The van der Waals surface area contributed by atoms with Crippen LogP contribution in [0.3, 0.4) is 0 Å². The average molecular weight is 470 g/mol. The van der Waals surface area contributed by atoms with Crippen LogP contribution in [0.15, 0.2) is 47.4 Å². The van der Waals surface area contributed by atoms with Crippen LogP contribution in [0.4, 0.5) is 5.82 Å². The van der Waals surface area contributed by atoms with Gasteiger partial charge in [-0.3, -0.25) is 13.9 Å². The van der Waals surface area contributed by atoms with Gasteiger partial charge in [0.1, 0.15) is 18.1 Å². The van der Waals surface area contributed by atoms with Gasteiger partial charge in [-0.25, -0.2) is 14.4 Å². The topological polar surface area (TPSA) is 135 Å². The third-order valence-electron chi connectivity index (χ3n) is 3.58. The summed E-state index contributed by atoms with van der Waals surface area (Å²) in [5.41, 5.74) is 5.01. The van der Waals surface area contributed by atoms with Gasteiger partial charge >= 0.3 is 19.4 Å². The predicted molar refractivity (Wildman–Crippen MR) is 120 cm³/mol. The van der Waals surface area contributed by atoms with Gasteiger partial charge < -0.3 is 15.0 Å². The molecule has 1 heterocycles. The van der Waals surface area contributed by atoms with Gasteiger partial charge in [0.2, 0.25) is 0 Å². The number of carbonyl (C=O) groups excluding carboxylic acids is 1. The molecular weight excluding hydrogens is 443 g/mol. The molecule has 0 amide bonds. The number of ether oxygens (including phenoxy) is 1. The Kier molecular flexibility index (Phi) is 10.1. The van der Waals surface area contributed by atoms with E-state index in [-0.39, 0.29) is 31.5 Å². The predicted octanol–water partition coefficient (Wildman–Crippen LogP) is 2.51. The first-order chi connectivity index (χ1) is 14.8. The number of nitrogens with zero attached hydrogens (tertiary/aromatic N) is 2. The third-order valence-corrected chi connectivity index (χ3v) is 6.01. The van der Waals surface area contributed by atoms with Crippen molar-refractivity contribution < 1.29 is 23.1 Å². The number of aromatic nitrogens is 2. The van der Waals surface area contributed by atoms with Gasteiger partial charge in [-0.15, -0.1) is 11.8 Å². The summed E-state index contributed by atoms with van der Waals surface area (Å²) in [5.74, 6) is 0.868. The second-order valence-corrected chi connectivity index (χ2v) is 9.62. The summed E-state index contributed by atoms with van der Waals surface area (Å²) in [5, 5.41) is 2.54. The summed E-state index contributed by atoms with van der Waals surface area (Å²) in [6.07, 6.45) is 1.55. The molecule has 3 N–H and O–H groups in total. The highest BCUT2D eigenvalue weighted by Crippen LogP contribution is 2.44. The Morgan fingerprint density at radius 1 is 1.29 bits per heavy atom. The molecular formula is C19H27N4O6PS. The van der Waals surface area contributed by atoms with E-state index in [9.17, 15) is 14.2 Å². The molecule has 0 spiro atoms. The lowest BCUT2D eigenvalue weighted by Crippen LogP contribution is -2.26. The number of benzene rings is 1. The Hall–Kier alpha value is -2.33. The highest BCUT2D eigenvalue weighted by atomic mass is 32.2. The van der Waals surface area contributed by atoms with Crippen LogP contribution < -0.4 is 21.0 Å². The molecule has 0 saturated carbocycles. The normalized spacial score (nSPS) is 13.0. The van der Waals surface area contributed by atoms with Crippen molar-refractivity contribution in [3.8, 4) is 5.75 Å². The molecule has 0 fully saturated rings. The molecule has 1 aromatic heterocycles. The van der Waals surface area contributed by atoms with E-state index >= 15 is 0 Å². The van der Waals surface area contributed by atoms with Crippen molar-refractivity contribution in [1.29, 1.82) is 0 Å². The first-order valence-corrected chi connectivity index (χ1v) is 12.3. The lowest BCUT2D eigenvalue weighted by Gasteiger charge is -2.19. The van der Waals surface area contributed by atoms with E-state index in [1.807, 2.05) is 13.8 Å². The monoisotopic (exact) mass is 470 g/mol. The molecule has 170 valence electrons. The Balaban J connectivity index is 1.87. The number of nitrogens with one attached hydrogen (secondary N) is 1. The zero-order chi connectivity index (χ0) is 22.7. The molecule has 0 saturated heterocycles. The molecule has 10 nitrogen and oxygen atoms in total. The van der Waals surface area contributed by atoms with Crippen LogP contribution in [-0.2, 0) is 24.5 Å². The summed E-state index contributed by atoms with van der Waals surface area (Å²) < 4.78 is 30.5. The van der Waals surface area contributed by atoms with Crippen molar-refractivity contribution in [3.63, 3.8) is 0 Å². The lowest BCUT2D eigenvalue weighted by molar-refractivity contribution is -0.143. The van der Waals surface area contributed by atoms with E-state index in [0.29, 0.717) is 17.4 Å². The Morgan fingerprint density at radius 3 is 2.71 bits per heavy atom. The molecule has 1 unspecified atom stereocenters. The Labute approximate surface area is 185 Å². The number of hydrogen-bond donors (Lipinski definition) is 2. The number of thioether (sulfide) groups is 1. The van der Waals surface area contributed by atoms with E-state index in [4.69, 9.17) is 19.5 Å². The summed E-state index contributed by atoms with van der Waals surface area (Å²) >= 11 is 1.37. The molecule has 1 aromatic carbocycles. The number of nitrogen functional groups attached to an aromatic ring is 1. The van der Waals surface area contributed by atoms with Crippen molar-refractivity contribution in [1.82, 2.24) is 14.6 Å². The van der Waals surface area contributed by atoms with E-state index in [0.717, 1.165) is 0 Å². The number of rotatable bonds is 13. The van der Waals surface area contributed by atoms with Crippen LogP contribution >= 0.6 is 19.5 Å². The van der Waals surface area contributed by atoms with Gasteiger partial charge in [0.05, 0.1) is 19.1 Å². The van der Waals surface area contributed by atoms with Crippen LogP contribution in [0.25, 0.3) is 0 Å². The molecule has 31 heavy (non-hydrogen) atoms. The first kappa shape index (κ1) is 24.9. The maximum absolute atomic E-state index is 13.1. The smallest absolute Gasteiger partial charge is 0.459 e. The largest absolute Gasteiger partial charge is 0.464 e. The number of nitrogens with two attached hydrogens (primary N) is 1.